The first-order chi connectivity index (χ1) is 48.6. The van der Waals surface area contributed by atoms with Crippen LogP contribution >= 0.6 is 0 Å². The molecule has 42 heteroatoms. The summed E-state index contributed by atoms with van der Waals surface area (Å²) in [6.45, 7) is 9.94. The third-order valence-corrected chi connectivity index (χ3v) is 14.7. The summed E-state index contributed by atoms with van der Waals surface area (Å²) in [4.78, 5) is 207. The van der Waals surface area contributed by atoms with Gasteiger partial charge < -0.3 is 124 Å². The lowest BCUT2D eigenvalue weighted by Gasteiger charge is -2.51. The van der Waals surface area contributed by atoms with Crippen LogP contribution in [-0.4, -0.2) is 287 Å². The Balaban J connectivity index is 1.73. The predicted octanol–water partition coefficient (Wildman–Crippen LogP) is -2.79. The Kier molecular flexibility index (Phi) is 32.4. The van der Waals surface area contributed by atoms with Crippen molar-refractivity contribution >= 4 is 95.5 Å². The van der Waals surface area contributed by atoms with Crippen LogP contribution < -0.4 is 0 Å². The molecule has 42 nitrogen and oxygen atoms in total. The number of carbonyl (C=O) groups excluding carboxylic acids is 16. The maximum atomic E-state index is 13.6. The monoisotopic (exact) mass is 1500 g/mol. The molecule has 5 aliphatic heterocycles. The van der Waals surface area contributed by atoms with Gasteiger partial charge in [0.15, 0.2) is 98.6 Å². The minimum Gasteiger partial charge on any atom is -0.463 e. The highest BCUT2D eigenvalue weighted by atomic mass is 16.8. The minimum absolute atomic E-state index is 0.787. The molecular formula is C62H84O42. The molecule has 584 valence electrons. The molecule has 5 fully saturated rings. The fourth-order valence-corrected chi connectivity index (χ4v) is 11.3. The van der Waals surface area contributed by atoms with Gasteiger partial charge in [0.25, 0.3) is 0 Å². The number of ether oxygens (including phenoxy) is 25. The van der Waals surface area contributed by atoms with E-state index in [1.807, 2.05) is 0 Å². The lowest BCUT2D eigenvalue weighted by atomic mass is 9.94. The third-order valence-electron chi connectivity index (χ3n) is 14.7. The molecule has 0 radical (unpaired) electrons. The molecule has 0 aliphatic carbocycles. The van der Waals surface area contributed by atoms with Crippen LogP contribution in [0.15, 0.2) is 0 Å². The summed E-state index contributed by atoms with van der Waals surface area (Å²) >= 11 is 0. The van der Waals surface area contributed by atoms with Crippen LogP contribution in [0.4, 0.5) is 0 Å². The van der Waals surface area contributed by atoms with Crippen molar-refractivity contribution in [2.24, 2.45) is 0 Å². The van der Waals surface area contributed by atoms with Crippen molar-refractivity contribution in [2.45, 2.75) is 264 Å². The van der Waals surface area contributed by atoms with Crippen molar-refractivity contribution in [2.75, 3.05) is 33.0 Å². The van der Waals surface area contributed by atoms with Crippen molar-refractivity contribution < 1.29 is 200 Å². The summed E-state index contributed by atoms with van der Waals surface area (Å²) in [5, 5.41) is 11.1. The van der Waals surface area contributed by atoms with E-state index in [1.165, 1.54) is 0 Å². The van der Waals surface area contributed by atoms with Crippen LogP contribution in [-0.2, 0) is 195 Å². The molecule has 5 saturated heterocycles. The maximum Gasteiger partial charge on any atom is 0.303 e. The van der Waals surface area contributed by atoms with E-state index < -0.39 is 282 Å². The van der Waals surface area contributed by atoms with Crippen molar-refractivity contribution in [1.29, 1.82) is 0 Å². The van der Waals surface area contributed by atoms with Crippen LogP contribution in [0.1, 0.15) is 111 Å². The van der Waals surface area contributed by atoms with E-state index in [9.17, 15) is 81.8 Å². The first-order valence-electron chi connectivity index (χ1n) is 31.8. The van der Waals surface area contributed by atoms with Gasteiger partial charge in [0.2, 0.25) is 0 Å². The summed E-state index contributed by atoms with van der Waals surface area (Å²) in [5.41, 5.74) is 0. The van der Waals surface area contributed by atoms with Crippen LogP contribution in [0.25, 0.3) is 0 Å². The molecule has 0 aromatic carbocycles. The lowest BCUT2D eigenvalue weighted by Crippen LogP contribution is -2.70. The SMILES string of the molecule is CC(=O)OC[C@H]1O[C@H](O)[C@H](OC(C)=O)[C@@H](OC(C)=O)[C@@H]1O[C@H]1O[C@H](COC(C)=O)[C@@H](O[C@H]2O[C@H](COC(C)=O)[C@@H](O[C@H]3O[C@H](COC(C)=O)[C@@H](O[C@H]4O[C@H](COC(C)=O)[C@@H](OC(C)=O)[C@@H](OC(C)=O)[C@H]4OC(C)=O)[C@H](OC(C)=O)[C@H]3OC(C)=O)[C@H](OC(C)=O)[C@H]2OC(C)=O)[C@H](OC(C)=O)[C@H]1OC(C)=O. The second-order valence-electron chi connectivity index (χ2n) is 23.5. The molecule has 5 aliphatic rings. The number of aliphatic hydroxyl groups excluding tert-OH is 1. The van der Waals surface area contributed by atoms with E-state index in [0.717, 1.165) is 111 Å². The number of carbonyl (C=O) groups is 16. The highest BCUT2D eigenvalue weighted by Crippen LogP contribution is 2.41. The van der Waals surface area contributed by atoms with Gasteiger partial charge in [-0.25, -0.2) is 0 Å². The van der Waals surface area contributed by atoms with Gasteiger partial charge in [-0.3, -0.25) is 76.7 Å². The van der Waals surface area contributed by atoms with Crippen LogP contribution in [0.3, 0.4) is 0 Å². The van der Waals surface area contributed by atoms with Gasteiger partial charge in [-0.2, -0.15) is 0 Å². The predicted molar refractivity (Wildman–Crippen MR) is 319 cm³/mol. The molecule has 5 rings (SSSR count). The van der Waals surface area contributed by atoms with Gasteiger partial charge in [0.1, 0.15) is 88.0 Å². The van der Waals surface area contributed by atoms with Crippen LogP contribution in [0.2, 0.25) is 0 Å². The van der Waals surface area contributed by atoms with Gasteiger partial charge in [-0.1, -0.05) is 0 Å². The Morgan fingerprint density at radius 3 is 0.558 bits per heavy atom. The van der Waals surface area contributed by atoms with Crippen LogP contribution in [0, 0.1) is 0 Å². The van der Waals surface area contributed by atoms with E-state index in [-0.39, 0.29) is 0 Å². The lowest BCUT2D eigenvalue weighted by molar-refractivity contribution is -0.393. The van der Waals surface area contributed by atoms with E-state index in [0.29, 0.717) is 0 Å². The van der Waals surface area contributed by atoms with E-state index in [2.05, 4.69) is 0 Å². The molecule has 0 aromatic heterocycles. The number of aliphatic hydroxyl groups is 1. The zero-order chi connectivity index (χ0) is 77.9. The van der Waals surface area contributed by atoms with Crippen molar-refractivity contribution in [3.05, 3.63) is 0 Å². The number of hydrogen-bond acceptors (Lipinski definition) is 42. The normalized spacial score (nSPS) is 33.0. The van der Waals surface area contributed by atoms with Gasteiger partial charge >= 0.3 is 95.5 Å². The van der Waals surface area contributed by atoms with E-state index >= 15 is 0 Å². The first-order valence-corrected chi connectivity index (χ1v) is 31.8. The van der Waals surface area contributed by atoms with Gasteiger partial charge in [0.05, 0.1) is 0 Å². The summed E-state index contributed by atoms with van der Waals surface area (Å²) < 4.78 is 146. The van der Waals surface area contributed by atoms with E-state index in [4.69, 9.17) is 118 Å². The molecule has 5 heterocycles. The molecule has 104 heavy (non-hydrogen) atoms. The zero-order valence-electron chi connectivity index (χ0n) is 59.2. The number of rotatable bonds is 29. The fraction of sp³-hybridized carbons (Fsp3) is 0.742. The van der Waals surface area contributed by atoms with Gasteiger partial charge in [0, 0.05) is 111 Å². The molecule has 0 unspecified atom stereocenters. The second-order valence-corrected chi connectivity index (χ2v) is 23.5. The Bertz CT molecular complexity index is 3110. The molecule has 0 aromatic rings. The smallest absolute Gasteiger partial charge is 0.303 e. The molecule has 25 atom stereocenters. The highest BCUT2D eigenvalue weighted by molar-refractivity contribution is 5.72. The number of hydrogen-bond donors (Lipinski definition) is 1. The van der Waals surface area contributed by atoms with Gasteiger partial charge in [-0.05, 0) is 0 Å². The minimum atomic E-state index is -2.33. The average molecular weight is 1500 g/mol. The summed E-state index contributed by atoms with van der Waals surface area (Å²) in [6, 6.07) is 0. The first kappa shape index (κ1) is 85.8. The van der Waals surface area contributed by atoms with Crippen molar-refractivity contribution in [1.82, 2.24) is 0 Å². The summed E-state index contributed by atoms with van der Waals surface area (Å²) in [5.74, 6) is -17.5. The molecular weight excluding hydrogens is 1420 g/mol. The topological polar surface area (TPSA) is 524 Å². The second kappa shape index (κ2) is 39.3. The van der Waals surface area contributed by atoms with E-state index in [1.54, 1.807) is 0 Å². The molecule has 0 amide bonds. The Morgan fingerprint density at radius 2 is 0.356 bits per heavy atom. The summed E-state index contributed by atoms with van der Waals surface area (Å²) in [6.07, 6.45) is -51.3. The Morgan fingerprint density at radius 1 is 0.202 bits per heavy atom. The van der Waals surface area contributed by atoms with Crippen molar-refractivity contribution in [3.8, 4) is 0 Å². The van der Waals surface area contributed by atoms with Crippen LogP contribution in [0.5, 0.6) is 0 Å². The Labute approximate surface area is 591 Å². The molecule has 1 N–H and O–H groups in total. The average Bonchev–Trinajstić information content (AvgIpc) is 0.763. The number of esters is 16. The standard InChI is InChI=1S/C62H84O42/c1-22(63)80-17-38-44(48(86-28(7)69)53(58(79)96-38)91-33(12)74)101-60-55(93-35(14)76)50(88-30(9)71)46(40(98-60)19-82-24(3)65)103-62-57(95-37(16)78)52(90-32(11)73)47(42(100-62)21-84-26(5)67)104-61-56(94-36(15)77)51(89-31(10)72)45(41(99-61)20-83-25(4)66)102-59-54(92-34(13)75)49(87-29(8)70)43(85-27(6)68)39(97-59)18-81-23(2)64/h38-62,79H,17-21H2,1-16H3/t38-,39-,40-,41-,42-,43-,44-,45-,46-,47-,48+,49-,50+,51+,52+,53-,54-,55-,56-,57-,58+,59-,60-,61-,62-/m1/s1. The molecule has 0 bridgehead atoms. The molecule has 0 spiro atoms. The third kappa shape index (κ3) is 25.5. The van der Waals surface area contributed by atoms with Gasteiger partial charge in [-0.15, -0.1) is 0 Å². The Hall–Kier alpha value is -8.88. The van der Waals surface area contributed by atoms with Crippen molar-refractivity contribution in [3.63, 3.8) is 0 Å². The highest BCUT2D eigenvalue weighted by Gasteiger charge is 2.63. The molecule has 0 saturated carbocycles. The quantitative estimate of drug-likeness (QED) is 0.0584. The largest absolute Gasteiger partial charge is 0.463 e. The maximum absolute atomic E-state index is 13.6. The zero-order valence-corrected chi connectivity index (χ0v) is 59.2. The fourth-order valence-electron chi connectivity index (χ4n) is 11.3. The summed E-state index contributed by atoms with van der Waals surface area (Å²) in [7, 11) is 0.